The van der Waals surface area contributed by atoms with Gasteiger partial charge in [0.15, 0.2) is 0 Å². The quantitative estimate of drug-likeness (QED) is 0.212. The van der Waals surface area contributed by atoms with Crippen LogP contribution in [0.1, 0.15) is 0 Å². The smallest absolute Gasteiger partial charge is 0.235 e. The number of hydrogen-bond donors (Lipinski definition) is 0. The summed E-state index contributed by atoms with van der Waals surface area (Å²) in [6.07, 6.45) is 0. The summed E-state index contributed by atoms with van der Waals surface area (Å²) in [6, 6.07) is 49.5. The average Bonchev–Trinajstić information content (AvgIpc) is 3.39. The van der Waals surface area contributed by atoms with E-state index in [4.69, 9.17) is 9.97 Å². The summed E-state index contributed by atoms with van der Waals surface area (Å²) in [5.41, 5.74) is 5.15. The molecule has 0 aliphatic rings. The van der Waals surface area contributed by atoms with Crippen LogP contribution in [-0.4, -0.2) is 14.5 Å². The first-order valence-corrected chi connectivity index (χ1v) is 13.9. The van der Waals surface area contributed by atoms with Crippen molar-refractivity contribution in [3.05, 3.63) is 140 Å². The van der Waals surface area contributed by atoms with Crippen molar-refractivity contribution in [1.29, 1.82) is 0 Å². The van der Waals surface area contributed by atoms with Crippen LogP contribution in [0.3, 0.4) is 0 Å². The standard InChI is InChI=1S/C38H23N3/c1-2-11-27(12-3-1)37-29-14-6-8-16-31(29)39-38(40-37)41-32-17-9-7-15-30(32)36-33(41)23-22-26-21-20-25-19-18-24-10-4-5-13-28(24)34(25)35(26)36/h1-23H. The fourth-order valence-corrected chi connectivity index (χ4v) is 6.57. The topological polar surface area (TPSA) is 30.7 Å². The van der Waals surface area contributed by atoms with Crippen molar-refractivity contribution in [2.75, 3.05) is 0 Å². The Hall–Kier alpha value is -5.54. The third-order valence-electron chi connectivity index (χ3n) is 8.36. The van der Waals surface area contributed by atoms with E-state index >= 15 is 0 Å². The molecule has 0 N–H and O–H groups in total. The number of rotatable bonds is 2. The first kappa shape index (κ1) is 22.3. The molecule has 0 radical (unpaired) electrons. The van der Waals surface area contributed by atoms with Crippen LogP contribution < -0.4 is 0 Å². The van der Waals surface area contributed by atoms with Crippen molar-refractivity contribution in [3.63, 3.8) is 0 Å². The molecule has 0 aliphatic carbocycles. The molecule has 0 aliphatic heterocycles. The number of hydrogen-bond acceptors (Lipinski definition) is 2. The Labute approximate surface area is 235 Å². The molecule has 9 aromatic rings. The van der Waals surface area contributed by atoms with Gasteiger partial charge in [-0.05, 0) is 45.1 Å². The normalized spacial score (nSPS) is 11.9. The SMILES string of the molecule is c1ccc(-c2nc(-n3c4ccccc4c4c5c(ccc6ccc7ccccc7c65)ccc43)nc3ccccc23)cc1. The van der Waals surface area contributed by atoms with Gasteiger partial charge in [0.2, 0.25) is 5.95 Å². The minimum absolute atomic E-state index is 0.679. The van der Waals surface area contributed by atoms with Gasteiger partial charge in [0.1, 0.15) is 0 Å². The van der Waals surface area contributed by atoms with Crippen LogP contribution >= 0.6 is 0 Å². The molecule has 3 nitrogen and oxygen atoms in total. The van der Waals surface area contributed by atoms with Gasteiger partial charge in [0.05, 0.1) is 22.2 Å². The van der Waals surface area contributed by atoms with Crippen molar-refractivity contribution in [3.8, 4) is 17.2 Å². The third-order valence-corrected chi connectivity index (χ3v) is 8.36. The third kappa shape index (κ3) is 3.20. The van der Waals surface area contributed by atoms with Crippen molar-refractivity contribution in [2.24, 2.45) is 0 Å². The summed E-state index contributed by atoms with van der Waals surface area (Å²) in [4.78, 5) is 10.4. The molecule has 0 saturated carbocycles. The fourth-order valence-electron chi connectivity index (χ4n) is 6.57. The number of fused-ring (bicyclic) bond motifs is 10. The molecule has 9 rings (SSSR count). The maximum Gasteiger partial charge on any atom is 0.235 e. The molecule has 7 aromatic carbocycles. The second-order valence-corrected chi connectivity index (χ2v) is 10.6. The van der Waals surface area contributed by atoms with Gasteiger partial charge < -0.3 is 0 Å². The van der Waals surface area contributed by atoms with Crippen LogP contribution in [0.15, 0.2) is 140 Å². The molecular formula is C38H23N3. The van der Waals surface area contributed by atoms with Crippen molar-refractivity contribution < 1.29 is 0 Å². The van der Waals surface area contributed by atoms with Crippen LogP contribution in [0.5, 0.6) is 0 Å². The van der Waals surface area contributed by atoms with Crippen LogP contribution in [0.4, 0.5) is 0 Å². The molecule has 0 unspecified atom stereocenters. The summed E-state index contributed by atoms with van der Waals surface area (Å²) >= 11 is 0. The highest BCUT2D eigenvalue weighted by Crippen LogP contribution is 2.41. The van der Waals surface area contributed by atoms with Gasteiger partial charge in [-0.15, -0.1) is 0 Å². The van der Waals surface area contributed by atoms with Crippen molar-refractivity contribution in [2.45, 2.75) is 0 Å². The Morgan fingerprint density at radius 2 is 1.02 bits per heavy atom. The van der Waals surface area contributed by atoms with Crippen molar-refractivity contribution in [1.82, 2.24) is 14.5 Å². The van der Waals surface area contributed by atoms with Crippen LogP contribution in [0.25, 0.3) is 82.2 Å². The highest BCUT2D eigenvalue weighted by atomic mass is 15.2. The van der Waals surface area contributed by atoms with E-state index in [1.165, 1.54) is 43.1 Å². The lowest BCUT2D eigenvalue weighted by Crippen LogP contribution is -2.03. The Kier molecular flexibility index (Phi) is 4.61. The lowest BCUT2D eigenvalue weighted by atomic mass is 9.94. The summed E-state index contributed by atoms with van der Waals surface area (Å²) in [5, 5.41) is 11.0. The monoisotopic (exact) mass is 521 g/mol. The molecule has 0 spiro atoms. The van der Waals surface area contributed by atoms with E-state index in [1.807, 2.05) is 12.1 Å². The molecule has 2 aromatic heterocycles. The number of para-hydroxylation sites is 2. The van der Waals surface area contributed by atoms with Gasteiger partial charge in [-0.3, -0.25) is 4.57 Å². The Morgan fingerprint density at radius 3 is 1.88 bits per heavy atom. The van der Waals surface area contributed by atoms with E-state index in [1.54, 1.807) is 0 Å². The highest BCUT2D eigenvalue weighted by Gasteiger charge is 2.20. The molecular weight excluding hydrogens is 498 g/mol. The molecule has 0 fully saturated rings. The van der Waals surface area contributed by atoms with Crippen LogP contribution in [0, 0.1) is 0 Å². The van der Waals surface area contributed by atoms with E-state index < -0.39 is 0 Å². The zero-order valence-corrected chi connectivity index (χ0v) is 22.1. The molecule has 190 valence electrons. The summed E-state index contributed by atoms with van der Waals surface area (Å²) in [5.74, 6) is 0.679. The fraction of sp³-hybridized carbons (Fsp3) is 0. The van der Waals surface area contributed by atoms with Gasteiger partial charge in [-0.1, -0.05) is 121 Å². The number of benzene rings is 7. The number of aromatic nitrogens is 3. The molecule has 0 atom stereocenters. The van der Waals surface area contributed by atoms with Gasteiger partial charge >= 0.3 is 0 Å². The van der Waals surface area contributed by atoms with Crippen LogP contribution in [-0.2, 0) is 0 Å². The first-order chi connectivity index (χ1) is 20.3. The van der Waals surface area contributed by atoms with E-state index in [-0.39, 0.29) is 0 Å². The van der Waals surface area contributed by atoms with Gasteiger partial charge in [0.25, 0.3) is 0 Å². The largest absolute Gasteiger partial charge is 0.278 e. The molecule has 0 amide bonds. The molecule has 41 heavy (non-hydrogen) atoms. The molecule has 3 heteroatoms. The van der Waals surface area contributed by atoms with Crippen molar-refractivity contribution >= 4 is 65.0 Å². The van der Waals surface area contributed by atoms with Gasteiger partial charge in [-0.2, -0.15) is 0 Å². The van der Waals surface area contributed by atoms with E-state index in [0.717, 1.165) is 33.2 Å². The zero-order chi connectivity index (χ0) is 26.9. The lowest BCUT2D eigenvalue weighted by molar-refractivity contribution is 1.01. The van der Waals surface area contributed by atoms with Crippen LogP contribution in [0.2, 0.25) is 0 Å². The van der Waals surface area contributed by atoms with E-state index in [0.29, 0.717) is 5.95 Å². The first-order valence-electron chi connectivity index (χ1n) is 13.9. The summed E-state index contributed by atoms with van der Waals surface area (Å²) in [6.45, 7) is 0. The maximum atomic E-state index is 5.26. The van der Waals surface area contributed by atoms with Gasteiger partial charge in [0, 0.05) is 27.1 Å². The lowest BCUT2D eigenvalue weighted by Gasteiger charge is -2.12. The minimum Gasteiger partial charge on any atom is -0.278 e. The molecule has 0 bridgehead atoms. The maximum absolute atomic E-state index is 5.26. The highest BCUT2D eigenvalue weighted by molar-refractivity contribution is 6.32. The summed E-state index contributed by atoms with van der Waals surface area (Å²) in [7, 11) is 0. The molecule has 0 saturated heterocycles. The Morgan fingerprint density at radius 1 is 0.390 bits per heavy atom. The second kappa shape index (κ2) is 8.48. The van der Waals surface area contributed by atoms with E-state index in [9.17, 15) is 0 Å². The molecule has 2 heterocycles. The minimum atomic E-state index is 0.679. The summed E-state index contributed by atoms with van der Waals surface area (Å²) < 4.78 is 2.24. The Balaban J connectivity index is 1.48. The van der Waals surface area contributed by atoms with E-state index in [2.05, 4.69) is 132 Å². The zero-order valence-electron chi connectivity index (χ0n) is 22.1. The number of nitrogens with zero attached hydrogens (tertiary/aromatic N) is 3. The predicted molar refractivity (Wildman–Crippen MR) is 172 cm³/mol. The second-order valence-electron chi connectivity index (χ2n) is 10.6. The predicted octanol–water partition coefficient (Wildman–Crippen LogP) is 9.85. The Bertz CT molecular complexity index is 2470. The van der Waals surface area contributed by atoms with Gasteiger partial charge in [-0.25, -0.2) is 9.97 Å². The average molecular weight is 522 g/mol.